The average molecular weight is 514 g/mol. The molecule has 178 valence electrons. The number of carbonyl (C=O) groups is 1. The van der Waals surface area contributed by atoms with Gasteiger partial charge in [-0.25, -0.2) is 0 Å². The lowest BCUT2D eigenvalue weighted by molar-refractivity contribution is 0.0946. The van der Waals surface area contributed by atoms with Gasteiger partial charge in [-0.1, -0.05) is 42.1 Å². The summed E-state index contributed by atoms with van der Waals surface area (Å²) in [6, 6.07) is 26.3. The predicted octanol–water partition coefficient (Wildman–Crippen LogP) is 5.51. The quantitative estimate of drug-likeness (QED) is 0.423. The van der Waals surface area contributed by atoms with Crippen molar-refractivity contribution in [3.63, 3.8) is 0 Å². The largest absolute Gasteiger partial charge is 0.457 e. The molecule has 3 aromatic carbocycles. The number of amides is 1. The summed E-state index contributed by atoms with van der Waals surface area (Å²) in [5, 5.41) is 16.0. The zero-order valence-electron chi connectivity index (χ0n) is 18.9. The van der Waals surface area contributed by atoms with Gasteiger partial charge >= 0.3 is 0 Å². The number of carbonyl (C=O) groups excluding carboxylic acids is 1. The highest BCUT2D eigenvalue weighted by Gasteiger charge is 2.26. The van der Waals surface area contributed by atoms with Crippen molar-refractivity contribution in [3.05, 3.63) is 101 Å². The van der Waals surface area contributed by atoms with Crippen LogP contribution in [-0.4, -0.2) is 28.0 Å². The number of rotatable bonds is 6. The Kier molecular flexibility index (Phi) is 7.03. The molecule has 5 rings (SSSR count). The fraction of sp³-hybridized carbons (Fsp3) is 0.111. The molecule has 0 saturated heterocycles. The van der Waals surface area contributed by atoms with Crippen LogP contribution in [0.3, 0.4) is 0 Å². The van der Waals surface area contributed by atoms with Crippen LogP contribution in [0.2, 0.25) is 0 Å². The van der Waals surface area contributed by atoms with E-state index in [1.54, 1.807) is 23.7 Å². The van der Waals surface area contributed by atoms with Gasteiger partial charge in [-0.15, -0.1) is 11.6 Å². The normalized spacial score (nSPS) is 18.7. The van der Waals surface area contributed by atoms with Gasteiger partial charge in [-0.2, -0.15) is 10.4 Å². The monoisotopic (exact) mass is 513 g/mol. The van der Waals surface area contributed by atoms with Crippen LogP contribution in [-0.2, 0) is 0 Å². The highest BCUT2D eigenvalue weighted by molar-refractivity contribution is 8.12. The Bertz CT molecular complexity index is 1410. The van der Waals surface area contributed by atoms with Crippen LogP contribution in [0.25, 0.3) is 5.70 Å². The molecule has 2 aliphatic rings. The van der Waals surface area contributed by atoms with Gasteiger partial charge in [0.15, 0.2) is 5.50 Å². The van der Waals surface area contributed by atoms with E-state index in [1.807, 2.05) is 60.7 Å². The number of hydrogen-bond acceptors (Lipinski definition) is 7. The molecule has 9 heteroatoms. The van der Waals surface area contributed by atoms with Crippen molar-refractivity contribution in [2.24, 2.45) is 10.1 Å². The fourth-order valence-electron chi connectivity index (χ4n) is 3.82. The van der Waals surface area contributed by atoms with E-state index in [0.29, 0.717) is 34.7 Å². The molecule has 0 bridgehead atoms. The summed E-state index contributed by atoms with van der Waals surface area (Å²) >= 11 is 8.01. The van der Waals surface area contributed by atoms with Gasteiger partial charge < -0.3 is 10.1 Å². The molecular weight excluding hydrogens is 494 g/mol. The Balaban J connectivity index is 1.41. The number of nitrogens with one attached hydrogen (secondary N) is 2. The maximum absolute atomic E-state index is 12.7. The number of para-hydroxylation sites is 1. The molecule has 2 N–H and O–H groups in total. The lowest BCUT2D eigenvalue weighted by Crippen LogP contribution is -2.38. The van der Waals surface area contributed by atoms with Crippen LogP contribution in [0.1, 0.15) is 27.9 Å². The summed E-state index contributed by atoms with van der Waals surface area (Å²) in [6.45, 7) is 0. The highest BCUT2D eigenvalue weighted by atomic mass is 35.5. The first-order valence-corrected chi connectivity index (χ1v) is 12.5. The number of hydrogen-bond donors (Lipinski definition) is 2. The number of nitrogens with zero attached hydrogens (tertiary/aromatic N) is 3. The van der Waals surface area contributed by atoms with E-state index in [2.05, 4.69) is 21.9 Å². The second-order valence-corrected chi connectivity index (χ2v) is 9.46. The minimum atomic E-state index is -0.536. The first-order valence-electron chi connectivity index (χ1n) is 11.1. The van der Waals surface area contributed by atoms with Crippen molar-refractivity contribution in [1.29, 1.82) is 5.26 Å². The van der Waals surface area contributed by atoms with E-state index in [1.165, 1.54) is 11.8 Å². The third-order valence-electron chi connectivity index (χ3n) is 5.58. The van der Waals surface area contributed by atoms with Crippen LogP contribution in [0.4, 0.5) is 0 Å². The molecule has 0 aliphatic carbocycles. The van der Waals surface area contributed by atoms with Crippen molar-refractivity contribution < 1.29 is 9.53 Å². The summed E-state index contributed by atoms with van der Waals surface area (Å²) in [6.07, 6.45) is 0.377. The number of aliphatic imine (C=N–C) groups is 1. The van der Waals surface area contributed by atoms with Crippen molar-refractivity contribution >= 4 is 46.2 Å². The Labute approximate surface area is 217 Å². The zero-order chi connectivity index (χ0) is 24.9. The van der Waals surface area contributed by atoms with E-state index < -0.39 is 5.38 Å². The molecule has 7 nitrogen and oxygen atoms in total. The van der Waals surface area contributed by atoms with Crippen molar-refractivity contribution in [3.8, 4) is 17.6 Å². The van der Waals surface area contributed by atoms with Gasteiger partial charge in [-0.05, 0) is 54.1 Å². The number of halogens is 1. The molecule has 2 unspecified atom stereocenters. The third kappa shape index (κ3) is 5.28. The second-order valence-electron chi connectivity index (χ2n) is 7.98. The van der Waals surface area contributed by atoms with E-state index in [-0.39, 0.29) is 11.4 Å². The van der Waals surface area contributed by atoms with Gasteiger partial charge in [-0.3, -0.25) is 15.2 Å². The Morgan fingerprint density at radius 3 is 2.56 bits per heavy atom. The first-order chi connectivity index (χ1) is 17.6. The fourth-order valence-corrected chi connectivity index (χ4v) is 4.66. The second kappa shape index (κ2) is 10.7. The van der Waals surface area contributed by atoms with Crippen molar-refractivity contribution in [2.75, 3.05) is 0 Å². The third-order valence-corrected chi connectivity index (χ3v) is 6.67. The molecule has 3 aromatic rings. The van der Waals surface area contributed by atoms with Crippen LogP contribution < -0.4 is 15.5 Å². The van der Waals surface area contributed by atoms with Crippen LogP contribution in [0.15, 0.2) is 94.5 Å². The maximum Gasteiger partial charge on any atom is 0.253 e. The SMILES string of the molecule is N#CC1=C(c2ccc(Oc3ccccc3)cc2)N=C(c2cccc(C(=O)NC3NN=CS3)c2)CC1Cl. The van der Waals surface area contributed by atoms with Gasteiger partial charge in [0.2, 0.25) is 0 Å². The molecule has 0 aromatic heterocycles. The standard InChI is InChI=1S/C27H20ClN5O2S/c28-23-14-24(18-5-4-6-19(13-18)26(34)32-27-33-30-16-36-27)31-25(22(23)15-29)17-9-11-21(12-10-17)35-20-7-2-1-3-8-20/h1-13,16,23,27,33H,14H2,(H,32,34). The molecule has 2 atom stereocenters. The topological polar surface area (TPSA) is 98.9 Å². The minimum absolute atomic E-state index is 0.228. The highest BCUT2D eigenvalue weighted by Crippen LogP contribution is 2.34. The summed E-state index contributed by atoms with van der Waals surface area (Å²) in [5.41, 5.74) is 7.81. The lowest BCUT2D eigenvalue weighted by Gasteiger charge is -2.21. The van der Waals surface area contributed by atoms with Crippen LogP contribution >= 0.6 is 23.4 Å². The molecule has 36 heavy (non-hydrogen) atoms. The molecule has 0 radical (unpaired) electrons. The first kappa shape index (κ1) is 23.7. The number of benzene rings is 3. The summed E-state index contributed by atoms with van der Waals surface area (Å²) in [7, 11) is 0. The lowest BCUT2D eigenvalue weighted by atomic mass is 9.94. The molecule has 1 amide bonds. The van der Waals surface area contributed by atoms with Crippen molar-refractivity contribution in [2.45, 2.75) is 17.3 Å². The van der Waals surface area contributed by atoms with Crippen LogP contribution in [0.5, 0.6) is 11.5 Å². The summed E-state index contributed by atoms with van der Waals surface area (Å²) in [5.74, 6) is 1.18. The Hall–Kier alpha value is -4.06. The predicted molar refractivity (Wildman–Crippen MR) is 143 cm³/mol. The van der Waals surface area contributed by atoms with E-state index in [0.717, 1.165) is 16.9 Å². The molecule has 2 heterocycles. The maximum atomic E-state index is 12.7. The molecule has 2 aliphatic heterocycles. The number of alkyl halides is 1. The van der Waals surface area contributed by atoms with Gasteiger partial charge in [0, 0.05) is 17.5 Å². The van der Waals surface area contributed by atoms with Gasteiger partial charge in [0.25, 0.3) is 5.91 Å². The van der Waals surface area contributed by atoms with Crippen LogP contribution in [0, 0.1) is 11.3 Å². The Morgan fingerprint density at radius 2 is 1.83 bits per heavy atom. The Morgan fingerprint density at radius 1 is 1.06 bits per heavy atom. The van der Waals surface area contributed by atoms with E-state index in [4.69, 9.17) is 21.3 Å². The summed E-state index contributed by atoms with van der Waals surface area (Å²) in [4.78, 5) is 17.5. The number of thioether (sulfide) groups is 1. The van der Waals surface area contributed by atoms with Gasteiger partial charge in [0.05, 0.1) is 34.0 Å². The van der Waals surface area contributed by atoms with E-state index in [9.17, 15) is 10.1 Å². The number of ether oxygens (including phenoxy) is 1. The molecule has 0 fully saturated rings. The molecule has 0 saturated carbocycles. The summed E-state index contributed by atoms with van der Waals surface area (Å²) < 4.78 is 5.87. The number of allylic oxidation sites excluding steroid dienone is 1. The average Bonchev–Trinajstić information content (AvgIpc) is 3.42. The van der Waals surface area contributed by atoms with E-state index >= 15 is 0 Å². The molecule has 0 spiro atoms. The zero-order valence-corrected chi connectivity index (χ0v) is 20.5. The number of nitriles is 1. The number of hydrazone groups is 1. The van der Waals surface area contributed by atoms with Gasteiger partial charge in [0.1, 0.15) is 11.5 Å². The smallest absolute Gasteiger partial charge is 0.253 e. The molecular formula is C27H20ClN5O2S. The minimum Gasteiger partial charge on any atom is -0.457 e. The van der Waals surface area contributed by atoms with Crippen molar-refractivity contribution in [1.82, 2.24) is 10.7 Å².